The third-order valence-corrected chi connectivity index (χ3v) is 4.17. The van der Waals surface area contributed by atoms with Crippen molar-refractivity contribution < 1.29 is 9.90 Å². The number of carbonyl (C=O) groups is 1. The van der Waals surface area contributed by atoms with Gasteiger partial charge in [0, 0.05) is 6.42 Å². The second-order valence-electron chi connectivity index (χ2n) is 6.59. The summed E-state index contributed by atoms with van der Waals surface area (Å²) >= 11 is 0. The minimum Gasteiger partial charge on any atom is -0.394 e. The maximum atomic E-state index is 11.4. The summed E-state index contributed by atoms with van der Waals surface area (Å²) in [6.45, 7) is 2.00. The van der Waals surface area contributed by atoms with Crippen molar-refractivity contribution in [3.8, 4) is 0 Å². The minimum absolute atomic E-state index is 0.0523. The molecule has 0 aliphatic heterocycles. The van der Waals surface area contributed by atoms with Crippen LogP contribution in [-0.2, 0) is 4.79 Å². The number of nitrogens with two attached hydrogens (primary N) is 1. The van der Waals surface area contributed by atoms with Crippen molar-refractivity contribution in [3.05, 3.63) is 36.5 Å². The third-order valence-electron chi connectivity index (χ3n) is 4.17. The van der Waals surface area contributed by atoms with Gasteiger partial charge < -0.3 is 10.8 Å². The van der Waals surface area contributed by atoms with Gasteiger partial charge >= 0.3 is 0 Å². The van der Waals surface area contributed by atoms with Crippen LogP contribution in [-0.4, -0.2) is 23.5 Å². The van der Waals surface area contributed by atoms with Crippen LogP contribution >= 0.6 is 0 Å². The van der Waals surface area contributed by atoms with Gasteiger partial charge in [-0.3, -0.25) is 4.79 Å². The van der Waals surface area contributed by atoms with Gasteiger partial charge in [-0.2, -0.15) is 0 Å². The van der Waals surface area contributed by atoms with E-state index in [2.05, 4.69) is 43.4 Å². The van der Waals surface area contributed by atoms with Crippen LogP contribution in [0.1, 0.15) is 84.0 Å². The number of carbonyl (C=O) groups excluding carboxylic acids is 1. The summed E-state index contributed by atoms with van der Waals surface area (Å²) in [6.07, 6.45) is 26.6. The van der Waals surface area contributed by atoms with Gasteiger partial charge in [0.1, 0.15) is 0 Å². The number of Topliss-reactive ketones (excluding diaryl/α,β-unsaturated/α-hetero) is 1. The summed E-state index contributed by atoms with van der Waals surface area (Å²) in [5.41, 5.74) is 5.46. The summed E-state index contributed by atoms with van der Waals surface area (Å²) in [4.78, 5) is 11.4. The van der Waals surface area contributed by atoms with Gasteiger partial charge in [0.15, 0.2) is 5.78 Å². The van der Waals surface area contributed by atoms with Gasteiger partial charge in [-0.05, 0) is 38.5 Å². The highest BCUT2D eigenvalue weighted by Gasteiger charge is 2.10. The molecule has 144 valence electrons. The Morgan fingerprint density at radius 1 is 0.840 bits per heavy atom. The molecule has 3 heteroatoms. The molecule has 0 saturated heterocycles. The van der Waals surface area contributed by atoms with Crippen LogP contribution in [0.2, 0.25) is 0 Å². The van der Waals surface area contributed by atoms with E-state index in [1.807, 2.05) is 0 Å². The number of aliphatic hydroxyl groups is 1. The molecule has 0 aromatic rings. The summed E-state index contributed by atoms with van der Waals surface area (Å²) in [5.74, 6) is -0.0523. The van der Waals surface area contributed by atoms with Gasteiger partial charge in [-0.1, -0.05) is 75.5 Å². The number of rotatable bonds is 17. The molecule has 0 rings (SSSR count). The first kappa shape index (κ1) is 23.8. The number of ketones is 1. The van der Waals surface area contributed by atoms with Crippen molar-refractivity contribution in [1.29, 1.82) is 0 Å². The predicted molar refractivity (Wildman–Crippen MR) is 109 cm³/mol. The molecule has 0 bridgehead atoms. The van der Waals surface area contributed by atoms with Gasteiger partial charge in [0.25, 0.3) is 0 Å². The lowest BCUT2D eigenvalue weighted by atomic mass is 10.1. The molecule has 0 aliphatic rings. The second kappa shape index (κ2) is 19.1. The molecule has 0 radical (unpaired) electrons. The van der Waals surface area contributed by atoms with Crippen molar-refractivity contribution in [3.63, 3.8) is 0 Å². The molecule has 0 saturated carbocycles. The van der Waals surface area contributed by atoms with E-state index in [0.717, 1.165) is 25.7 Å². The van der Waals surface area contributed by atoms with Gasteiger partial charge in [0.05, 0.1) is 12.6 Å². The molecule has 3 nitrogen and oxygen atoms in total. The van der Waals surface area contributed by atoms with Crippen molar-refractivity contribution in [2.75, 3.05) is 6.61 Å². The molecule has 0 amide bonds. The Morgan fingerprint density at radius 3 is 1.96 bits per heavy atom. The van der Waals surface area contributed by atoms with E-state index in [4.69, 9.17) is 10.8 Å². The lowest BCUT2D eigenvalue weighted by molar-refractivity contribution is -0.121. The fourth-order valence-corrected chi connectivity index (χ4v) is 2.50. The van der Waals surface area contributed by atoms with E-state index in [-0.39, 0.29) is 12.4 Å². The lowest BCUT2D eigenvalue weighted by Crippen LogP contribution is -2.33. The molecule has 1 unspecified atom stereocenters. The average molecular weight is 350 g/mol. The zero-order valence-corrected chi connectivity index (χ0v) is 16.2. The Kier molecular flexibility index (Phi) is 18.2. The summed E-state index contributed by atoms with van der Waals surface area (Å²) in [5, 5.41) is 8.78. The largest absolute Gasteiger partial charge is 0.394 e. The highest BCUT2D eigenvalue weighted by atomic mass is 16.3. The standard InChI is InChI=1S/C22H39NO2/c1-2-3-4-5-6-7-8-9-10-11-12-13-14-15-16-17-18-19-22(25)21(23)20-24/h9-10,12-13,15-16,21,24H,2-8,11,14,17-20,23H2,1H3/b10-9+,13-12+,16-15+. The average Bonchev–Trinajstić information content (AvgIpc) is 2.63. The monoisotopic (exact) mass is 349 g/mol. The van der Waals surface area contributed by atoms with E-state index in [0.29, 0.717) is 6.42 Å². The van der Waals surface area contributed by atoms with Gasteiger partial charge in [-0.25, -0.2) is 0 Å². The molecule has 0 aromatic heterocycles. The van der Waals surface area contributed by atoms with Crippen molar-refractivity contribution in [1.82, 2.24) is 0 Å². The Bertz CT molecular complexity index is 385. The van der Waals surface area contributed by atoms with Crippen LogP contribution < -0.4 is 5.73 Å². The Hall–Kier alpha value is -1.19. The number of hydrogen-bond acceptors (Lipinski definition) is 3. The molecule has 0 heterocycles. The van der Waals surface area contributed by atoms with E-state index in [9.17, 15) is 4.79 Å². The summed E-state index contributed by atoms with van der Waals surface area (Å²) < 4.78 is 0. The second-order valence-corrected chi connectivity index (χ2v) is 6.59. The Labute approximate surface area is 155 Å². The van der Waals surface area contributed by atoms with Crippen LogP contribution in [0.4, 0.5) is 0 Å². The first-order valence-electron chi connectivity index (χ1n) is 10.1. The van der Waals surface area contributed by atoms with Crippen LogP contribution in [0.15, 0.2) is 36.5 Å². The topological polar surface area (TPSA) is 63.3 Å². The van der Waals surface area contributed by atoms with E-state index >= 15 is 0 Å². The molecule has 1 atom stereocenters. The fraction of sp³-hybridized carbons (Fsp3) is 0.682. The number of aliphatic hydroxyl groups excluding tert-OH is 1. The van der Waals surface area contributed by atoms with Crippen LogP contribution in [0.3, 0.4) is 0 Å². The Morgan fingerprint density at radius 2 is 1.36 bits per heavy atom. The molecular formula is C22H39NO2. The van der Waals surface area contributed by atoms with Gasteiger partial charge in [0.2, 0.25) is 0 Å². The van der Waals surface area contributed by atoms with Crippen LogP contribution in [0, 0.1) is 0 Å². The lowest BCUT2D eigenvalue weighted by Gasteiger charge is -2.05. The molecule has 25 heavy (non-hydrogen) atoms. The maximum absolute atomic E-state index is 11.4. The van der Waals surface area contributed by atoms with Crippen molar-refractivity contribution >= 4 is 5.78 Å². The molecule has 0 spiro atoms. The molecule has 0 aromatic carbocycles. The Balaban J connectivity index is 3.42. The van der Waals surface area contributed by atoms with Crippen LogP contribution in [0.25, 0.3) is 0 Å². The smallest absolute Gasteiger partial charge is 0.151 e. The molecule has 0 aliphatic carbocycles. The predicted octanol–water partition coefficient (Wildman–Crippen LogP) is 5.24. The quantitative estimate of drug-likeness (QED) is 0.279. The first-order chi connectivity index (χ1) is 12.2. The number of unbranched alkanes of at least 4 members (excludes halogenated alkanes) is 7. The van der Waals surface area contributed by atoms with Crippen molar-refractivity contribution in [2.24, 2.45) is 5.73 Å². The zero-order valence-electron chi connectivity index (χ0n) is 16.2. The first-order valence-corrected chi connectivity index (χ1v) is 10.1. The zero-order chi connectivity index (χ0) is 18.6. The SMILES string of the molecule is CCCCCCCC/C=C/C/C=C/C/C=C/CCCC(=O)C(N)CO. The third kappa shape index (κ3) is 17.4. The maximum Gasteiger partial charge on any atom is 0.151 e. The minimum atomic E-state index is -0.707. The highest BCUT2D eigenvalue weighted by molar-refractivity contribution is 5.83. The number of hydrogen-bond donors (Lipinski definition) is 2. The summed E-state index contributed by atoms with van der Waals surface area (Å²) in [6, 6.07) is -0.707. The fourth-order valence-electron chi connectivity index (χ4n) is 2.50. The molecule has 3 N–H and O–H groups in total. The van der Waals surface area contributed by atoms with Crippen molar-refractivity contribution in [2.45, 2.75) is 90.0 Å². The van der Waals surface area contributed by atoms with Gasteiger partial charge in [-0.15, -0.1) is 0 Å². The molecular weight excluding hydrogens is 310 g/mol. The highest BCUT2D eigenvalue weighted by Crippen LogP contribution is 2.07. The van der Waals surface area contributed by atoms with Crippen LogP contribution in [0.5, 0.6) is 0 Å². The van der Waals surface area contributed by atoms with E-state index in [1.165, 1.54) is 44.9 Å². The van der Waals surface area contributed by atoms with E-state index in [1.54, 1.807) is 0 Å². The summed E-state index contributed by atoms with van der Waals surface area (Å²) in [7, 11) is 0. The van der Waals surface area contributed by atoms with E-state index < -0.39 is 6.04 Å². The number of allylic oxidation sites excluding steroid dienone is 6. The molecule has 0 fully saturated rings. The normalized spacial score (nSPS) is 13.4.